The number of aromatic nitrogens is 1. The maximum absolute atomic E-state index is 12.4. The molecule has 1 aliphatic rings. The van der Waals surface area contributed by atoms with Crippen molar-refractivity contribution in [2.24, 2.45) is 5.92 Å². The van der Waals surface area contributed by atoms with E-state index in [1.165, 1.54) is 0 Å². The van der Waals surface area contributed by atoms with Crippen LogP contribution < -0.4 is 5.11 Å². The van der Waals surface area contributed by atoms with Crippen molar-refractivity contribution in [3.63, 3.8) is 0 Å². The number of carboxylic acids is 1. The largest absolute Gasteiger partial charge is 0.548 e. The minimum atomic E-state index is -1.30. The quantitative estimate of drug-likeness (QED) is 0.610. The molecule has 110 valence electrons. The topological polar surface area (TPSA) is 73.3 Å². The summed E-state index contributed by atoms with van der Waals surface area (Å²) in [5.74, 6) is -2.00. The molecule has 1 aromatic rings. The fourth-order valence-electron chi connectivity index (χ4n) is 2.01. The highest BCUT2D eigenvalue weighted by Gasteiger charge is 2.38. The Morgan fingerprint density at radius 1 is 1.52 bits per heavy atom. The first-order valence-electron chi connectivity index (χ1n) is 6.29. The van der Waals surface area contributed by atoms with Gasteiger partial charge in [-0.25, -0.2) is 0 Å². The minimum Gasteiger partial charge on any atom is -0.548 e. The molecule has 1 fully saturated rings. The summed E-state index contributed by atoms with van der Waals surface area (Å²) < 4.78 is 0.234. The van der Waals surface area contributed by atoms with Gasteiger partial charge < -0.3 is 9.90 Å². The average molecular weight is 321 g/mol. The highest BCUT2D eigenvalue weighted by Crippen LogP contribution is 2.35. The van der Waals surface area contributed by atoms with Crippen LogP contribution >= 0.6 is 24.0 Å². The van der Waals surface area contributed by atoms with Crippen molar-refractivity contribution >= 4 is 46.3 Å². The number of amides is 1. The minimum absolute atomic E-state index is 0.234. The number of rotatable bonds is 4. The molecule has 1 saturated heterocycles. The van der Waals surface area contributed by atoms with Gasteiger partial charge in [-0.2, -0.15) is 0 Å². The van der Waals surface area contributed by atoms with Gasteiger partial charge in [-0.05, 0) is 23.6 Å². The smallest absolute Gasteiger partial charge is 0.266 e. The lowest BCUT2D eigenvalue weighted by Gasteiger charge is -2.30. The second-order valence-corrected chi connectivity index (χ2v) is 6.52. The zero-order valence-corrected chi connectivity index (χ0v) is 13.1. The van der Waals surface area contributed by atoms with Gasteiger partial charge in [-0.3, -0.25) is 14.7 Å². The molecule has 0 spiro atoms. The van der Waals surface area contributed by atoms with Gasteiger partial charge in [-0.15, -0.1) is 0 Å². The molecule has 0 radical (unpaired) electrons. The van der Waals surface area contributed by atoms with E-state index in [1.807, 2.05) is 0 Å². The fourth-order valence-corrected chi connectivity index (χ4v) is 3.34. The molecule has 0 saturated carbocycles. The molecular weight excluding hydrogens is 308 g/mol. The van der Waals surface area contributed by atoms with Gasteiger partial charge in [0.15, 0.2) is 0 Å². The number of hydrogen-bond donors (Lipinski definition) is 0. The number of carbonyl (C=O) groups excluding carboxylic acids is 2. The molecular formula is C14H13N2O3S2-. The SMILES string of the molecule is CC(C)[C@@H](C(=O)[O-])N1C(=O)/C(=C/c2cccnc2)SC1=S. The van der Waals surface area contributed by atoms with Crippen LogP contribution in [0, 0.1) is 5.92 Å². The van der Waals surface area contributed by atoms with E-state index in [2.05, 4.69) is 4.98 Å². The van der Waals surface area contributed by atoms with Crippen LogP contribution in [0.15, 0.2) is 29.4 Å². The van der Waals surface area contributed by atoms with Gasteiger partial charge in [0.1, 0.15) is 4.32 Å². The number of thioether (sulfide) groups is 1. The van der Waals surface area contributed by atoms with E-state index in [0.717, 1.165) is 22.2 Å². The van der Waals surface area contributed by atoms with E-state index in [-0.39, 0.29) is 10.2 Å². The highest BCUT2D eigenvalue weighted by molar-refractivity contribution is 8.26. The Hall–Kier alpha value is -1.73. The molecule has 21 heavy (non-hydrogen) atoms. The first kappa shape index (κ1) is 15.7. The molecule has 2 rings (SSSR count). The van der Waals surface area contributed by atoms with Crippen LogP contribution in [0.1, 0.15) is 19.4 Å². The van der Waals surface area contributed by atoms with E-state index in [1.54, 1.807) is 44.4 Å². The first-order valence-corrected chi connectivity index (χ1v) is 7.52. The Balaban J connectivity index is 2.32. The average Bonchev–Trinajstić information content (AvgIpc) is 2.67. The second kappa shape index (κ2) is 6.36. The number of carbonyl (C=O) groups is 2. The van der Waals surface area contributed by atoms with Crippen LogP contribution in [-0.2, 0) is 9.59 Å². The number of aliphatic carboxylic acids is 1. The van der Waals surface area contributed by atoms with Gasteiger partial charge in [0.2, 0.25) is 0 Å². The van der Waals surface area contributed by atoms with Crippen molar-refractivity contribution in [2.45, 2.75) is 19.9 Å². The number of pyridine rings is 1. The lowest BCUT2D eigenvalue weighted by molar-refractivity contribution is -0.311. The molecule has 0 aliphatic carbocycles. The molecule has 0 bridgehead atoms. The van der Waals surface area contributed by atoms with E-state index < -0.39 is 17.9 Å². The van der Waals surface area contributed by atoms with Crippen LogP contribution in [0.5, 0.6) is 0 Å². The number of thiocarbonyl (C=S) groups is 1. The van der Waals surface area contributed by atoms with Crippen LogP contribution in [-0.4, -0.2) is 32.1 Å². The molecule has 1 aliphatic heterocycles. The van der Waals surface area contributed by atoms with E-state index >= 15 is 0 Å². The highest BCUT2D eigenvalue weighted by atomic mass is 32.2. The molecule has 1 atom stereocenters. The van der Waals surface area contributed by atoms with E-state index in [4.69, 9.17) is 12.2 Å². The third-order valence-corrected chi connectivity index (χ3v) is 4.29. The van der Waals surface area contributed by atoms with Crippen LogP contribution in [0.3, 0.4) is 0 Å². The first-order chi connectivity index (χ1) is 9.91. The Morgan fingerprint density at radius 3 is 2.76 bits per heavy atom. The number of hydrogen-bond acceptors (Lipinski definition) is 6. The van der Waals surface area contributed by atoms with Crippen LogP contribution in [0.4, 0.5) is 0 Å². The second-order valence-electron chi connectivity index (χ2n) is 4.85. The summed E-state index contributed by atoms with van der Waals surface area (Å²) in [4.78, 5) is 29.2. The molecule has 0 unspecified atom stereocenters. The van der Waals surface area contributed by atoms with Crippen molar-refractivity contribution in [3.8, 4) is 0 Å². The van der Waals surface area contributed by atoms with Crippen molar-refractivity contribution in [1.29, 1.82) is 0 Å². The van der Waals surface area contributed by atoms with E-state index in [9.17, 15) is 14.7 Å². The third-order valence-electron chi connectivity index (χ3n) is 2.96. The number of carboxylic acid groups (broad SMARTS) is 1. The van der Waals surface area contributed by atoms with Crippen LogP contribution in [0.25, 0.3) is 6.08 Å². The van der Waals surface area contributed by atoms with Crippen molar-refractivity contribution < 1.29 is 14.7 Å². The summed E-state index contributed by atoms with van der Waals surface area (Å²) in [5, 5.41) is 11.3. The maximum atomic E-state index is 12.4. The zero-order chi connectivity index (χ0) is 15.6. The zero-order valence-electron chi connectivity index (χ0n) is 11.5. The summed E-state index contributed by atoms with van der Waals surface area (Å²) in [6, 6.07) is 2.50. The Bertz CT molecular complexity index is 614. The number of nitrogens with zero attached hydrogens (tertiary/aromatic N) is 2. The third kappa shape index (κ3) is 3.30. The Labute approximate surface area is 132 Å². The molecule has 2 heterocycles. The molecule has 0 aromatic carbocycles. The normalized spacial score (nSPS) is 18.6. The summed E-state index contributed by atoms with van der Waals surface area (Å²) in [5.41, 5.74) is 0.757. The van der Waals surface area contributed by atoms with Gasteiger partial charge >= 0.3 is 0 Å². The summed E-state index contributed by atoms with van der Waals surface area (Å²) in [6.45, 7) is 3.42. The Kier molecular flexibility index (Phi) is 4.74. The van der Waals surface area contributed by atoms with Crippen molar-refractivity contribution in [2.75, 3.05) is 0 Å². The molecule has 5 nitrogen and oxygen atoms in total. The molecule has 0 N–H and O–H groups in total. The summed E-state index contributed by atoms with van der Waals surface area (Å²) in [7, 11) is 0. The van der Waals surface area contributed by atoms with Crippen molar-refractivity contribution in [3.05, 3.63) is 35.0 Å². The van der Waals surface area contributed by atoms with Crippen LogP contribution in [0.2, 0.25) is 0 Å². The lowest BCUT2D eigenvalue weighted by atomic mass is 10.0. The predicted octanol–water partition coefficient (Wildman–Crippen LogP) is 1.06. The predicted molar refractivity (Wildman–Crippen MR) is 82.9 cm³/mol. The monoisotopic (exact) mass is 321 g/mol. The van der Waals surface area contributed by atoms with Gasteiger partial charge in [0, 0.05) is 12.4 Å². The summed E-state index contributed by atoms with van der Waals surface area (Å²) in [6.07, 6.45) is 4.90. The Morgan fingerprint density at radius 2 is 2.24 bits per heavy atom. The van der Waals surface area contributed by atoms with Gasteiger partial charge in [0.05, 0.1) is 16.9 Å². The lowest BCUT2D eigenvalue weighted by Crippen LogP contribution is -2.52. The van der Waals surface area contributed by atoms with E-state index in [0.29, 0.717) is 4.91 Å². The van der Waals surface area contributed by atoms with Crippen molar-refractivity contribution in [1.82, 2.24) is 9.88 Å². The summed E-state index contributed by atoms with van der Waals surface area (Å²) >= 11 is 6.24. The molecule has 7 heteroatoms. The van der Waals surface area contributed by atoms with Gasteiger partial charge in [0.25, 0.3) is 5.91 Å². The maximum Gasteiger partial charge on any atom is 0.266 e. The molecule has 1 aromatic heterocycles. The van der Waals surface area contributed by atoms with Gasteiger partial charge in [-0.1, -0.05) is 43.9 Å². The molecule has 1 amide bonds. The standard InChI is InChI=1S/C14H14N2O3S2/c1-8(2)11(13(18)19)16-12(17)10(21-14(16)20)6-9-4-3-5-15-7-9/h3-8,11H,1-2H3,(H,18,19)/p-1/b10-6-/t11-/m0/s1. The fraction of sp³-hybridized carbons (Fsp3) is 0.286.